The maximum atomic E-state index is 8.77. The summed E-state index contributed by atoms with van der Waals surface area (Å²) < 4.78 is 0. The molecule has 0 saturated carbocycles. The van der Waals surface area contributed by atoms with Crippen molar-refractivity contribution < 1.29 is 5.11 Å². The first-order valence-electron chi connectivity index (χ1n) is 2.81. The molecule has 0 aliphatic carbocycles. The molecule has 0 aliphatic heterocycles. The summed E-state index contributed by atoms with van der Waals surface area (Å²) in [4.78, 5) is 3.85. The molecule has 0 aromatic rings. The summed E-state index contributed by atoms with van der Waals surface area (Å²) in [5, 5.41) is 9.45. The van der Waals surface area contributed by atoms with Gasteiger partial charge in [0.05, 0.1) is 11.7 Å². The van der Waals surface area contributed by atoms with Crippen LogP contribution in [0.15, 0.2) is 4.99 Å². The van der Waals surface area contributed by atoms with Crippen LogP contribution in [0.4, 0.5) is 0 Å². The number of aliphatic hydroxyl groups is 1. The Bertz CT molecular complexity index is 120. The van der Waals surface area contributed by atoms with Crippen LogP contribution in [-0.2, 0) is 0 Å². The van der Waals surface area contributed by atoms with E-state index in [4.69, 9.17) is 5.11 Å². The number of rotatable bonds is 2. The van der Waals surface area contributed by atoms with Crippen LogP contribution < -0.4 is 0 Å². The summed E-state index contributed by atoms with van der Waals surface area (Å²) >= 11 is 4.08. The van der Waals surface area contributed by atoms with Crippen molar-refractivity contribution >= 4 is 17.7 Å². The summed E-state index contributed by atoms with van der Waals surface area (Å²) in [7, 11) is 1.67. The SMILES string of the molecule is C/N=C(\S)C(C)(C)CO. The Morgan fingerprint density at radius 3 is 2.22 bits per heavy atom. The molecule has 2 nitrogen and oxygen atoms in total. The van der Waals surface area contributed by atoms with Gasteiger partial charge >= 0.3 is 0 Å². The summed E-state index contributed by atoms with van der Waals surface area (Å²) in [5.41, 5.74) is -0.280. The molecule has 0 rings (SSSR count). The summed E-state index contributed by atoms with van der Waals surface area (Å²) in [6.07, 6.45) is 0. The molecule has 0 saturated heterocycles. The Balaban J connectivity index is 4.14. The first kappa shape index (κ1) is 8.98. The highest BCUT2D eigenvalue weighted by Gasteiger charge is 2.20. The predicted molar refractivity (Wildman–Crippen MR) is 43.2 cm³/mol. The first-order valence-corrected chi connectivity index (χ1v) is 3.26. The van der Waals surface area contributed by atoms with E-state index < -0.39 is 0 Å². The predicted octanol–water partition coefficient (Wildman–Crippen LogP) is 0.963. The fourth-order valence-corrected chi connectivity index (χ4v) is 0.444. The van der Waals surface area contributed by atoms with Crippen LogP contribution in [0.5, 0.6) is 0 Å². The zero-order valence-corrected chi connectivity index (χ0v) is 6.94. The molecule has 0 heterocycles. The van der Waals surface area contributed by atoms with Crippen LogP contribution in [-0.4, -0.2) is 23.8 Å². The molecule has 0 aliphatic rings. The number of aliphatic imine (C=N–C) groups is 1. The van der Waals surface area contributed by atoms with Gasteiger partial charge in [0.1, 0.15) is 0 Å². The van der Waals surface area contributed by atoms with Gasteiger partial charge < -0.3 is 5.11 Å². The molecule has 3 heteroatoms. The Kier molecular flexibility index (Phi) is 3.22. The first-order chi connectivity index (χ1) is 4.04. The number of aliphatic hydroxyl groups excluding tert-OH is 1. The maximum Gasteiger partial charge on any atom is 0.0721 e. The van der Waals surface area contributed by atoms with E-state index in [0.717, 1.165) is 0 Å². The molecule has 0 radical (unpaired) electrons. The average Bonchev–Trinajstić information content (AvgIpc) is 1.86. The highest BCUT2D eigenvalue weighted by molar-refractivity contribution is 7.97. The van der Waals surface area contributed by atoms with Crippen LogP contribution in [0, 0.1) is 5.41 Å². The molecular formula is C6H13NOS. The summed E-state index contributed by atoms with van der Waals surface area (Å²) in [6.45, 7) is 3.87. The fraction of sp³-hybridized carbons (Fsp3) is 0.833. The molecule has 0 aromatic carbocycles. The van der Waals surface area contributed by atoms with E-state index in [1.54, 1.807) is 7.05 Å². The van der Waals surface area contributed by atoms with Crippen molar-refractivity contribution in [2.45, 2.75) is 13.8 Å². The van der Waals surface area contributed by atoms with E-state index >= 15 is 0 Å². The zero-order valence-electron chi connectivity index (χ0n) is 6.05. The second-order valence-electron chi connectivity index (χ2n) is 2.59. The van der Waals surface area contributed by atoms with Crippen molar-refractivity contribution in [3.05, 3.63) is 0 Å². The Hall–Kier alpha value is -0.0200. The molecule has 0 spiro atoms. The van der Waals surface area contributed by atoms with E-state index in [-0.39, 0.29) is 12.0 Å². The molecule has 0 fully saturated rings. The lowest BCUT2D eigenvalue weighted by Crippen LogP contribution is -2.24. The molecule has 0 unspecified atom stereocenters. The monoisotopic (exact) mass is 147 g/mol. The lowest BCUT2D eigenvalue weighted by molar-refractivity contribution is 0.215. The van der Waals surface area contributed by atoms with Crippen molar-refractivity contribution in [2.75, 3.05) is 13.7 Å². The number of nitrogens with zero attached hydrogens (tertiary/aromatic N) is 1. The quantitative estimate of drug-likeness (QED) is 0.340. The molecule has 54 valence electrons. The molecule has 1 N–H and O–H groups in total. The second kappa shape index (κ2) is 3.22. The Morgan fingerprint density at radius 2 is 2.11 bits per heavy atom. The molecule has 0 aromatic heterocycles. The molecule has 0 atom stereocenters. The van der Waals surface area contributed by atoms with Crippen molar-refractivity contribution in [2.24, 2.45) is 10.4 Å². The van der Waals surface area contributed by atoms with E-state index in [1.165, 1.54) is 0 Å². The second-order valence-corrected chi connectivity index (χ2v) is 3.01. The van der Waals surface area contributed by atoms with Gasteiger partial charge in [-0.25, -0.2) is 0 Å². The van der Waals surface area contributed by atoms with Gasteiger partial charge in [0.15, 0.2) is 0 Å². The summed E-state index contributed by atoms with van der Waals surface area (Å²) in [5.74, 6) is 0. The van der Waals surface area contributed by atoms with Gasteiger partial charge in [0.2, 0.25) is 0 Å². The third kappa shape index (κ3) is 2.37. The van der Waals surface area contributed by atoms with Gasteiger partial charge in [-0.3, -0.25) is 4.99 Å². The third-order valence-corrected chi connectivity index (χ3v) is 2.02. The van der Waals surface area contributed by atoms with Crippen molar-refractivity contribution in [3.8, 4) is 0 Å². The van der Waals surface area contributed by atoms with Gasteiger partial charge in [-0.15, -0.1) is 12.6 Å². The van der Waals surface area contributed by atoms with Crippen molar-refractivity contribution in [1.82, 2.24) is 0 Å². The minimum Gasteiger partial charge on any atom is -0.395 e. The lowest BCUT2D eigenvalue weighted by atomic mass is 9.97. The molecule has 9 heavy (non-hydrogen) atoms. The van der Waals surface area contributed by atoms with Crippen LogP contribution in [0.2, 0.25) is 0 Å². The van der Waals surface area contributed by atoms with Gasteiger partial charge in [-0.1, -0.05) is 13.8 Å². The number of hydrogen-bond donors (Lipinski definition) is 2. The lowest BCUT2D eigenvalue weighted by Gasteiger charge is -2.19. The third-order valence-electron chi connectivity index (χ3n) is 1.21. The van der Waals surface area contributed by atoms with Gasteiger partial charge in [0, 0.05) is 12.5 Å². The smallest absolute Gasteiger partial charge is 0.0721 e. The van der Waals surface area contributed by atoms with Crippen LogP contribution >= 0.6 is 12.6 Å². The maximum absolute atomic E-state index is 8.77. The number of hydrogen-bond acceptors (Lipinski definition) is 2. The molecular weight excluding hydrogens is 134 g/mol. The topological polar surface area (TPSA) is 32.6 Å². The van der Waals surface area contributed by atoms with E-state index in [1.807, 2.05) is 13.8 Å². The summed E-state index contributed by atoms with van der Waals surface area (Å²) in [6, 6.07) is 0. The van der Waals surface area contributed by atoms with Crippen molar-refractivity contribution in [3.63, 3.8) is 0 Å². The largest absolute Gasteiger partial charge is 0.395 e. The highest BCUT2D eigenvalue weighted by Crippen LogP contribution is 2.18. The highest BCUT2D eigenvalue weighted by atomic mass is 32.1. The Morgan fingerprint density at radius 1 is 1.67 bits per heavy atom. The van der Waals surface area contributed by atoms with Gasteiger partial charge in [-0.05, 0) is 0 Å². The fourth-order valence-electron chi connectivity index (χ4n) is 0.373. The van der Waals surface area contributed by atoms with E-state index in [2.05, 4.69) is 17.6 Å². The average molecular weight is 147 g/mol. The zero-order chi connectivity index (χ0) is 7.49. The number of thiol groups is 1. The van der Waals surface area contributed by atoms with Gasteiger partial charge in [-0.2, -0.15) is 0 Å². The van der Waals surface area contributed by atoms with E-state index in [9.17, 15) is 0 Å². The normalized spacial score (nSPS) is 14.1. The standard InChI is InChI=1S/C6H13NOS/c1-6(2,4-8)5(9)7-3/h8H,4H2,1-3H3,(H,7,9). The van der Waals surface area contributed by atoms with Crippen LogP contribution in [0.1, 0.15) is 13.8 Å². The van der Waals surface area contributed by atoms with Gasteiger partial charge in [0.25, 0.3) is 0 Å². The molecule has 0 amide bonds. The van der Waals surface area contributed by atoms with Crippen LogP contribution in [0.25, 0.3) is 0 Å². The van der Waals surface area contributed by atoms with Crippen molar-refractivity contribution in [1.29, 1.82) is 0 Å². The van der Waals surface area contributed by atoms with E-state index in [0.29, 0.717) is 5.04 Å². The minimum atomic E-state index is -0.280. The Labute approximate surface area is 61.4 Å². The van der Waals surface area contributed by atoms with Crippen LogP contribution in [0.3, 0.4) is 0 Å². The molecule has 0 bridgehead atoms. The minimum absolute atomic E-state index is 0.0865.